The zero-order valence-corrected chi connectivity index (χ0v) is 15.5. The highest BCUT2D eigenvalue weighted by Crippen LogP contribution is 2.33. The normalized spacial score (nSPS) is 25.0. The van der Waals surface area contributed by atoms with E-state index >= 15 is 0 Å². The number of hydrogen-bond acceptors (Lipinski definition) is 8. The first-order valence-corrected chi connectivity index (χ1v) is 8.91. The molecular formula is C19H18ClNO7. The molecule has 2 heterocycles. The van der Waals surface area contributed by atoms with Gasteiger partial charge in [-0.1, -0.05) is 11.6 Å². The average Bonchev–Trinajstić information content (AvgIpc) is 3.12. The molecule has 4 atom stereocenters. The Morgan fingerprint density at radius 2 is 1.93 bits per heavy atom. The lowest BCUT2D eigenvalue weighted by atomic mass is 10.1. The van der Waals surface area contributed by atoms with Gasteiger partial charge in [0, 0.05) is 11.6 Å². The van der Waals surface area contributed by atoms with E-state index in [0.29, 0.717) is 28.3 Å². The number of benzene rings is 2. The van der Waals surface area contributed by atoms with E-state index in [-0.39, 0.29) is 17.4 Å². The summed E-state index contributed by atoms with van der Waals surface area (Å²) in [4.78, 5) is 4.44. The first-order chi connectivity index (χ1) is 13.5. The summed E-state index contributed by atoms with van der Waals surface area (Å²) < 4.78 is 21.7. The molecule has 148 valence electrons. The van der Waals surface area contributed by atoms with Crippen LogP contribution in [0.5, 0.6) is 11.5 Å². The molecule has 1 fully saturated rings. The molecule has 1 aliphatic heterocycles. The third-order valence-corrected chi connectivity index (χ3v) is 4.77. The third-order valence-electron chi connectivity index (χ3n) is 4.47. The number of nitrogens with zero attached hydrogens (tertiary/aromatic N) is 1. The molecule has 2 aromatic carbocycles. The molecule has 3 aromatic rings. The van der Waals surface area contributed by atoms with E-state index in [1.165, 1.54) is 0 Å². The Morgan fingerprint density at radius 3 is 2.68 bits per heavy atom. The molecule has 4 rings (SSSR count). The van der Waals surface area contributed by atoms with Crippen molar-refractivity contribution in [3.05, 3.63) is 41.4 Å². The highest BCUT2D eigenvalue weighted by molar-refractivity contribution is 6.32. The number of ether oxygens (including phenoxy) is 3. The number of methoxy groups -OCH3 is 1. The van der Waals surface area contributed by atoms with Gasteiger partial charge >= 0.3 is 0 Å². The molecule has 0 aliphatic carbocycles. The molecule has 3 N–H and O–H groups in total. The van der Waals surface area contributed by atoms with E-state index in [1.807, 2.05) is 0 Å². The zero-order chi connectivity index (χ0) is 19.8. The lowest BCUT2D eigenvalue weighted by Crippen LogP contribution is -2.54. The predicted molar refractivity (Wildman–Crippen MR) is 99.4 cm³/mol. The molecule has 0 amide bonds. The highest BCUT2D eigenvalue weighted by atomic mass is 35.5. The fourth-order valence-electron chi connectivity index (χ4n) is 2.90. The lowest BCUT2D eigenvalue weighted by molar-refractivity contribution is -0.242. The molecule has 0 saturated carbocycles. The monoisotopic (exact) mass is 407 g/mol. The minimum atomic E-state index is -1.41. The quantitative estimate of drug-likeness (QED) is 0.601. The van der Waals surface area contributed by atoms with Crippen LogP contribution in [0.4, 0.5) is 0 Å². The molecule has 0 radical (unpaired) electrons. The van der Waals surface area contributed by atoms with Gasteiger partial charge in [0.2, 0.25) is 12.2 Å². The van der Waals surface area contributed by atoms with Crippen LogP contribution in [-0.2, 0) is 4.74 Å². The van der Waals surface area contributed by atoms with Crippen molar-refractivity contribution in [1.82, 2.24) is 4.98 Å². The molecule has 0 bridgehead atoms. The van der Waals surface area contributed by atoms with Gasteiger partial charge in [-0.3, -0.25) is 0 Å². The lowest BCUT2D eigenvalue weighted by Gasteiger charge is -2.35. The molecule has 8 nitrogen and oxygen atoms in total. The Kier molecular flexibility index (Phi) is 5.13. The minimum Gasteiger partial charge on any atom is -0.497 e. The topological polar surface area (TPSA) is 114 Å². The number of hydrogen-bond donors (Lipinski definition) is 3. The standard InChI is InChI=1S/C19H18ClNO7/c1-25-10-3-5-15-12(7-10)21-18(27-15)9-2-4-14(11(20)6-9)28-19-17(24)16(23)13(22)8-26-19/h2-7,13,16-17,19,22-24H,8H2,1H3/t13-,16-,17+,19+/m0/s1. The summed E-state index contributed by atoms with van der Waals surface area (Å²) in [6, 6.07) is 10.2. The van der Waals surface area contributed by atoms with Crippen molar-refractivity contribution in [3.8, 4) is 23.0 Å². The van der Waals surface area contributed by atoms with Crippen molar-refractivity contribution in [2.75, 3.05) is 13.7 Å². The number of fused-ring (bicyclic) bond motifs is 1. The third kappa shape index (κ3) is 3.52. The Bertz CT molecular complexity index is 992. The van der Waals surface area contributed by atoms with Crippen molar-refractivity contribution < 1.29 is 33.9 Å². The maximum atomic E-state index is 9.98. The number of aromatic nitrogens is 1. The van der Waals surface area contributed by atoms with E-state index in [0.717, 1.165) is 0 Å². The Balaban J connectivity index is 1.56. The van der Waals surface area contributed by atoms with E-state index in [9.17, 15) is 15.3 Å². The van der Waals surface area contributed by atoms with Gasteiger partial charge in [-0.15, -0.1) is 0 Å². The number of halogens is 1. The fraction of sp³-hybridized carbons (Fsp3) is 0.316. The number of rotatable bonds is 4. The second kappa shape index (κ2) is 7.57. The summed E-state index contributed by atoms with van der Waals surface area (Å²) in [5, 5.41) is 29.5. The zero-order valence-electron chi connectivity index (χ0n) is 14.8. The number of aliphatic hydroxyl groups excluding tert-OH is 3. The average molecular weight is 408 g/mol. The number of aliphatic hydroxyl groups is 3. The van der Waals surface area contributed by atoms with Crippen LogP contribution in [0, 0.1) is 0 Å². The summed E-state index contributed by atoms with van der Waals surface area (Å²) in [5.74, 6) is 1.30. The molecule has 1 aliphatic rings. The molecule has 0 spiro atoms. The highest BCUT2D eigenvalue weighted by Gasteiger charge is 2.39. The molecule has 28 heavy (non-hydrogen) atoms. The van der Waals surface area contributed by atoms with Crippen molar-refractivity contribution in [2.24, 2.45) is 0 Å². The van der Waals surface area contributed by atoms with Gasteiger partial charge in [0.1, 0.15) is 35.3 Å². The van der Waals surface area contributed by atoms with Gasteiger partial charge in [-0.2, -0.15) is 0 Å². The molecular weight excluding hydrogens is 390 g/mol. The summed E-state index contributed by atoms with van der Waals surface area (Å²) in [5.41, 5.74) is 1.89. The maximum Gasteiger partial charge on any atom is 0.228 e. The first-order valence-electron chi connectivity index (χ1n) is 8.53. The van der Waals surface area contributed by atoms with Crippen molar-refractivity contribution in [3.63, 3.8) is 0 Å². The SMILES string of the molecule is COc1ccc2oc(-c3ccc(O[C@H]4OC[C@H](O)[C@H](O)[C@H]4O)c(Cl)c3)nc2c1. The van der Waals surface area contributed by atoms with Crippen LogP contribution in [0.3, 0.4) is 0 Å². The van der Waals surface area contributed by atoms with Crippen LogP contribution in [0.25, 0.3) is 22.6 Å². The van der Waals surface area contributed by atoms with Gasteiger partial charge in [0.15, 0.2) is 5.58 Å². The summed E-state index contributed by atoms with van der Waals surface area (Å²) in [6.45, 7) is -0.162. The van der Waals surface area contributed by atoms with Gasteiger partial charge in [0.25, 0.3) is 0 Å². The van der Waals surface area contributed by atoms with Gasteiger partial charge in [-0.05, 0) is 30.3 Å². The number of oxazole rings is 1. The predicted octanol–water partition coefficient (Wildman–Crippen LogP) is 1.97. The first kappa shape index (κ1) is 19.0. The van der Waals surface area contributed by atoms with E-state index in [1.54, 1.807) is 43.5 Å². The van der Waals surface area contributed by atoms with Crippen LogP contribution in [0.2, 0.25) is 5.02 Å². The van der Waals surface area contributed by atoms with Crippen molar-refractivity contribution in [1.29, 1.82) is 0 Å². The van der Waals surface area contributed by atoms with Gasteiger partial charge in [-0.25, -0.2) is 4.98 Å². The molecule has 1 saturated heterocycles. The minimum absolute atomic E-state index is 0.162. The second-order valence-electron chi connectivity index (χ2n) is 6.37. The van der Waals surface area contributed by atoms with Crippen LogP contribution in [0.1, 0.15) is 0 Å². The molecule has 1 aromatic heterocycles. The molecule has 9 heteroatoms. The Morgan fingerprint density at radius 1 is 1.11 bits per heavy atom. The van der Waals surface area contributed by atoms with Gasteiger partial charge in [0.05, 0.1) is 18.7 Å². The Labute approximate surface area is 164 Å². The summed E-state index contributed by atoms with van der Waals surface area (Å²) in [7, 11) is 1.58. The van der Waals surface area contributed by atoms with E-state index < -0.39 is 24.6 Å². The maximum absolute atomic E-state index is 9.98. The van der Waals surface area contributed by atoms with Crippen LogP contribution < -0.4 is 9.47 Å². The van der Waals surface area contributed by atoms with Crippen LogP contribution in [-0.4, -0.2) is 58.6 Å². The fourth-order valence-corrected chi connectivity index (χ4v) is 3.12. The Hall–Kier alpha value is -2.36. The van der Waals surface area contributed by atoms with Crippen molar-refractivity contribution in [2.45, 2.75) is 24.6 Å². The van der Waals surface area contributed by atoms with Crippen molar-refractivity contribution >= 4 is 22.7 Å². The summed E-state index contributed by atoms with van der Waals surface area (Å²) >= 11 is 6.29. The largest absolute Gasteiger partial charge is 0.497 e. The van der Waals surface area contributed by atoms with E-state index in [4.69, 9.17) is 30.2 Å². The smallest absolute Gasteiger partial charge is 0.228 e. The molecule has 0 unspecified atom stereocenters. The second-order valence-corrected chi connectivity index (χ2v) is 6.77. The van der Waals surface area contributed by atoms with Crippen LogP contribution in [0.15, 0.2) is 40.8 Å². The van der Waals surface area contributed by atoms with Gasteiger partial charge < -0.3 is 33.9 Å². The summed E-state index contributed by atoms with van der Waals surface area (Å²) in [6.07, 6.45) is -5.11. The van der Waals surface area contributed by atoms with Crippen LogP contribution >= 0.6 is 11.6 Å². The van der Waals surface area contributed by atoms with E-state index in [2.05, 4.69) is 4.98 Å².